The van der Waals surface area contributed by atoms with Crippen LogP contribution in [-0.2, 0) is 6.18 Å². The molecule has 20 heavy (non-hydrogen) atoms. The second-order valence-electron chi connectivity index (χ2n) is 5.67. The molecule has 2 rings (SSSR count). The monoisotopic (exact) mass is 286 g/mol. The lowest BCUT2D eigenvalue weighted by Gasteiger charge is -2.25. The molecule has 2 unspecified atom stereocenters. The van der Waals surface area contributed by atoms with Crippen molar-refractivity contribution >= 4 is 11.4 Å². The van der Waals surface area contributed by atoms with E-state index < -0.39 is 11.7 Å². The van der Waals surface area contributed by atoms with E-state index in [4.69, 9.17) is 5.73 Å². The highest BCUT2D eigenvalue weighted by molar-refractivity contribution is 5.67. The third-order valence-electron chi connectivity index (χ3n) is 4.08. The van der Waals surface area contributed by atoms with Gasteiger partial charge in [-0.25, -0.2) is 0 Å². The number of alkyl halides is 3. The maximum Gasteiger partial charge on any atom is 0.416 e. The first-order valence-electron chi connectivity index (χ1n) is 7.11. The fourth-order valence-electron chi connectivity index (χ4n) is 2.78. The standard InChI is InChI=1S/C15H21F3N2/c1-10-5-3-2-4-6-13(10)20-14-8-7-11(9-12(14)19)15(16,17)18/h7-10,13,20H,2-6,19H2,1H3. The molecular weight excluding hydrogens is 265 g/mol. The van der Waals surface area contributed by atoms with Crippen LogP contribution >= 0.6 is 0 Å². The molecule has 0 heterocycles. The maximum atomic E-state index is 12.6. The normalized spacial score (nSPS) is 24.2. The second kappa shape index (κ2) is 5.94. The van der Waals surface area contributed by atoms with Gasteiger partial charge in [-0.1, -0.05) is 26.2 Å². The lowest BCUT2D eigenvalue weighted by molar-refractivity contribution is -0.137. The number of benzene rings is 1. The zero-order valence-electron chi connectivity index (χ0n) is 11.6. The maximum absolute atomic E-state index is 12.6. The lowest BCUT2D eigenvalue weighted by atomic mass is 9.96. The average Bonchev–Trinajstić information content (AvgIpc) is 2.56. The molecule has 3 N–H and O–H groups in total. The first-order valence-corrected chi connectivity index (χ1v) is 7.11. The Balaban J connectivity index is 2.13. The second-order valence-corrected chi connectivity index (χ2v) is 5.67. The van der Waals surface area contributed by atoms with Crippen LogP contribution in [0.15, 0.2) is 18.2 Å². The molecule has 112 valence electrons. The third kappa shape index (κ3) is 3.58. The molecule has 1 aliphatic carbocycles. The Morgan fingerprint density at radius 3 is 2.50 bits per heavy atom. The Labute approximate surface area is 117 Å². The minimum Gasteiger partial charge on any atom is -0.397 e. The summed E-state index contributed by atoms with van der Waals surface area (Å²) in [6, 6.07) is 3.82. The van der Waals surface area contributed by atoms with Crippen LogP contribution in [0.1, 0.15) is 44.6 Å². The van der Waals surface area contributed by atoms with Gasteiger partial charge in [0, 0.05) is 6.04 Å². The van der Waals surface area contributed by atoms with E-state index in [0.717, 1.165) is 31.4 Å². The van der Waals surface area contributed by atoms with Crippen molar-refractivity contribution in [3.63, 3.8) is 0 Å². The Morgan fingerprint density at radius 2 is 1.85 bits per heavy atom. The van der Waals surface area contributed by atoms with E-state index in [2.05, 4.69) is 12.2 Å². The number of halogens is 3. The summed E-state index contributed by atoms with van der Waals surface area (Å²) in [5.74, 6) is 0.513. The SMILES string of the molecule is CC1CCCCCC1Nc1ccc(C(F)(F)F)cc1N. The van der Waals surface area contributed by atoms with Crippen LogP contribution < -0.4 is 11.1 Å². The van der Waals surface area contributed by atoms with E-state index in [1.165, 1.54) is 18.9 Å². The summed E-state index contributed by atoms with van der Waals surface area (Å²) in [4.78, 5) is 0. The molecule has 0 saturated heterocycles. The van der Waals surface area contributed by atoms with Crippen LogP contribution in [0.2, 0.25) is 0 Å². The predicted molar refractivity (Wildman–Crippen MR) is 75.5 cm³/mol. The summed E-state index contributed by atoms with van der Waals surface area (Å²) >= 11 is 0. The van der Waals surface area contributed by atoms with Crippen LogP contribution in [0, 0.1) is 5.92 Å². The molecule has 0 spiro atoms. The van der Waals surface area contributed by atoms with Gasteiger partial charge in [-0.2, -0.15) is 13.2 Å². The van der Waals surface area contributed by atoms with Crippen molar-refractivity contribution in [2.75, 3.05) is 11.1 Å². The zero-order valence-corrected chi connectivity index (χ0v) is 11.6. The fraction of sp³-hybridized carbons (Fsp3) is 0.600. The highest BCUT2D eigenvalue weighted by atomic mass is 19.4. The number of nitrogens with one attached hydrogen (secondary N) is 1. The van der Waals surface area contributed by atoms with Gasteiger partial charge in [0.1, 0.15) is 0 Å². The topological polar surface area (TPSA) is 38.0 Å². The molecule has 1 saturated carbocycles. The molecule has 1 fully saturated rings. The van der Waals surface area contributed by atoms with E-state index in [0.29, 0.717) is 11.6 Å². The number of nitrogen functional groups attached to an aromatic ring is 1. The summed E-state index contributed by atoms with van der Waals surface area (Å²) in [6.07, 6.45) is 1.46. The van der Waals surface area contributed by atoms with Gasteiger partial charge in [-0.15, -0.1) is 0 Å². The van der Waals surface area contributed by atoms with Crippen molar-refractivity contribution in [1.82, 2.24) is 0 Å². The molecule has 1 aliphatic rings. The van der Waals surface area contributed by atoms with Crippen molar-refractivity contribution < 1.29 is 13.2 Å². The molecule has 2 nitrogen and oxygen atoms in total. The first-order chi connectivity index (χ1) is 9.38. The van der Waals surface area contributed by atoms with E-state index in [9.17, 15) is 13.2 Å². The largest absolute Gasteiger partial charge is 0.416 e. The smallest absolute Gasteiger partial charge is 0.397 e. The summed E-state index contributed by atoms with van der Waals surface area (Å²) < 4.78 is 37.8. The predicted octanol–water partition coefficient (Wildman–Crippen LogP) is 4.67. The molecule has 0 aliphatic heterocycles. The number of hydrogen-bond acceptors (Lipinski definition) is 2. The van der Waals surface area contributed by atoms with Gasteiger partial charge >= 0.3 is 6.18 Å². The highest BCUT2D eigenvalue weighted by Crippen LogP contribution is 2.34. The number of nitrogens with two attached hydrogens (primary N) is 1. The Kier molecular flexibility index (Phi) is 4.45. The van der Waals surface area contributed by atoms with E-state index in [-0.39, 0.29) is 11.7 Å². The average molecular weight is 286 g/mol. The van der Waals surface area contributed by atoms with Gasteiger partial charge in [0.05, 0.1) is 16.9 Å². The van der Waals surface area contributed by atoms with Gasteiger partial charge < -0.3 is 11.1 Å². The molecule has 0 aromatic heterocycles. The minimum absolute atomic E-state index is 0.163. The van der Waals surface area contributed by atoms with Crippen molar-refractivity contribution in [2.45, 2.75) is 51.2 Å². The minimum atomic E-state index is -4.34. The van der Waals surface area contributed by atoms with Crippen molar-refractivity contribution in [3.8, 4) is 0 Å². The van der Waals surface area contributed by atoms with Gasteiger partial charge in [0.15, 0.2) is 0 Å². The Bertz CT molecular complexity index is 457. The molecule has 1 aromatic carbocycles. The number of rotatable bonds is 2. The third-order valence-corrected chi connectivity index (χ3v) is 4.08. The van der Waals surface area contributed by atoms with Gasteiger partial charge in [0.25, 0.3) is 0 Å². The summed E-state index contributed by atoms with van der Waals surface area (Å²) in [7, 11) is 0. The van der Waals surface area contributed by atoms with Gasteiger partial charge in [0.2, 0.25) is 0 Å². The molecule has 0 amide bonds. The van der Waals surface area contributed by atoms with Gasteiger partial charge in [-0.3, -0.25) is 0 Å². The van der Waals surface area contributed by atoms with Crippen molar-refractivity contribution in [2.24, 2.45) is 5.92 Å². The lowest BCUT2D eigenvalue weighted by Crippen LogP contribution is -2.26. The number of hydrogen-bond donors (Lipinski definition) is 2. The molecule has 0 bridgehead atoms. The van der Waals surface area contributed by atoms with Crippen LogP contribution in [0.5, 0.6) is 0 Å². The van der Waals surface area contributed by atoms with Crippen LogP contribution in [0.4, 0.5) is 24.5 Å². The van der Waals surface area contributed by atoms with E-state index >= 15 is 0 Å². The fourth-order valence-corrected chi connectivity index (χ4v) is 2.78. The molecule has 2 atom stereocenters. The molecule has 1 aromatic rings. The first kappa shape index (κ1) is 15.0. The summed E-state index contributed by atoms with van der Waals surface area (Å²) in [5.41, 5.74) is 5.83. The molecular formula is C15H21F3N2. The van der Waals surface area contributed by atoms with Crippen LogP contribution in [0.25, 0.3) is 0 Å². The zero-order chi connectivity index (χ0) is 14.8. The summed E-state index contributed by atoms with van der Waals surface area (Å²) in [6.45, 7) is 2.18. The summed E-state index contributed by atoms with van der Waals surface area (Å²) in [5, 5.41) is 3.33. The molecule has 5 heteroatoms. The van der Waals surface area contributed by atoms with Crippen LogP contribution in [0.3, 0.4) is 0 Å². The van der Waals surface area contributed by atoms with Crippen LogP contribution in [-0.4, -0.2) is 6.04 Å². The van der Waals surface area contributed by atoms with E-state index in [1.807, 2.05) is 0 Å². The molecule has 0 radical (unpaired) electrons. The Hall–Kier alpha value is -1.39. The highest BCUT2D eigenvalue weighted by Gasteiger charge is 2.31. The quantitative estimate of drug-likeness (QED) is 0.612. The van der Waals surface area contributed by atoms with Crippen molar-refractivity contribution in [3.05, 3.63) is 23.8 Å². The van der Waals surface area contributed by atoms with Crippen molar-refractivity contribution in [1.29, 1.82) is 0 Å². The van der Waals surface area contributed by atoms with Gasteiger partial charge in [-0.05, 0) is 37.0 Å². The number of anilines is 2. The van der Waals surface area contributed by atoms with E-state index in [1.54, 1.807) is 0 Å². The Morgan fingerprint density at radius 1 is 1.15 bits per heavy atom.